The summed E-state index contributed by atoms with van der Waals surface area (Å²) >= 11 is 12.4. The molecule has 4 rings (SSSR count). The predicted octanol–water partition coefficient (Wildman–Crippen LogP) is 6.63. The molecule has 1 atom stereocenters. The van der Waals surface area contributed by atoms with Gasteiger partial charge >= 0.3 is 0 Å². The molecule has 1 aliphatic rings. The second-order valence-electron chi connectivity index (χ2n) is 9.55. The van der Waals surface area contributed by atoms with Crippen LogP contribution in [0.25, 0.3) is 5.76 Å². The Morgan fingerprint density at radius 1 is 0.944 bits per heavy atom. The van der Waals surface area contributed by atoms with Crippen molar-refractivity contribution in [3.05, 3.63) is 93.0 Å². The molecule has 186 valence electrons. The van der Waals surface area contributed by atoms with Crippen molar-refractivity contribution in [2.24, 2.45) is 0 Å². The van der Waals surface area contributed by atoms with Crippen molar-refractivity contribution in [2.45, 2.75) is 32.2 Å². The first-order valence-electron chi connectivity index (χ1n) is 11.2. The molecule has 1 aliphatic heterocycles. The maximum Gasteiger partial charge on any atom is 0.300 e. The molecule has 0 aliphatic carbocycles. The van der Waals surface area contributed by atoms with E-state index in [-0.39, 0.29) is 32.5 Å². The van der Waals surface area contributed by atoms with Crippen LogP contribution in [0.3, 0.4) is 0 Å². The summed E-state index contributed by atoms with van der Waals surface area (Å²) in [5.74, 6) is -1.35. The molecular formula is C28H25Cl2NO5. The van der Waals surface area contributed by atoms with Crippen molar-refractivity contribution in [3.8, 4) is 11.5 Å². The number of halogens is 2. The van der Waals surface area contributed by atoms with Gasteiger partial charge in [0.05, 0.1) is 18.7 Å². The number of carbonyl (C=O) groups excluding carboxylic acids is 2. The fourth-order valence-corrected chi connectivity index (χ4v) is 4.86. The fraction of sp³-hybridized carbons (Fsp3) is 0.214. The number of benzene rings is 3. The van der Waals surface area contributed by atoms with E-state index in [1.54, 1.807) is 37.4 Å². The van der Waals surface area contributed by atoms with Gasteiger partial charge in [0.2, 0.25) is 0 Å². The number of amides is 1. The number of aromatic hydroxyl groups is 1. The molecule has 6 nitrogen and oxygen atoms in total. The summed E-state index contributed by atoms with van der Waals surface area (Å²) in [5.41, 5.74) is 1.59. The second-order valence-corrected chi connectivity index (χ2v) is 10.4. The van der Waals surface area contributed by atoms with Crippen LogP contribution >= 0.6 is 23.2 Å². The number of aliphatic hydroxyl groups excluding tert-OH is 1. The molecule has 2 N–H and O–H groups in total. The molecule has 1 heterocycles. The number of ketones is 1. The fourth-order valence-electron chi connectivity index (χ4n) is 4.35. The summed E-state index contributed by atoms with van der Waals surface area (Å²) in [5, 5.41) is 21.8. The predicted molar refractivity (Wildman–Crippen MR) is 141 cm³/mol. The van der Waals surface area contributed by atoms with Crippen molar-refractivity contribution >= 4 is 46.3 Å². The van der Waals surface area contributed by atoms with Gasteiger partial charge in [-0.25, -0.2) is 0 Å². The van der Waals surface area contributed by atoms with Crippen molar-refractivity contribution in [3.63, 3.8) is 0 Å². The summed E-state index contributed by atoms with van der Waals surface area (Å²) in [6, 6.07) is 14.8. The maximum absolute atomic E-state index is 13.4. The molecule has 0 saturated carbocycles. The third kappa shape index (κ3) is 4.66. The highest BCUT2D eigenvalue weighted by atomic mass is 35.5. The number of carbonyl (C=O) groups is 2. The molecule has 0 bridgehead atoms. The Kier molecular flexibility index (Phi) is 6.78. The number of ether oxygens (including phenoxy) is 1. The summed E-state index contributed by atoms with van der Waals surface area (Å²) in [7, 11) is 1.57. The number of anilines is 1. The number of methoxy groups -OCH3 is 1. The molecule has 1 unspecified atom stereocenters. The van der Waals surface area contributed by atoms with Gasteiger partial charge in [-0.15, -0.1) is 0 Å². The smallest absolute Gasteiger partial charge is 0.300 e. The van der Waals surface area contributed by atoms with Crippen LogP contribution < -0.4 is 9.64 Å². The van der Waals surface area contributed by atoms with Gasteiger partial charge in [0.1, 0.15) is 17.3 Å². The maximum atomic E-state index is 13.4. The lowest BCUT2D eigenvalue weighted by atomic mass is 9.84. The van der Waals surface area contributed by atoms with Crippen molar-refractivity contribution in [2.75, 3.05) is 12.0 Å². The Morgan fingerprint density at radius 2 is 1.56 bits per heavy atom. The topological polar surface area (TPSA) is 87.1 Å². The minimum atomic E-state index is -0.986. The average molecular weight is 526 g/mol. The number of phenolic OH excluding ortho intramolecular Hbond substituents is 1. The van der Waals surface area contributed by atoms with Crippen LogP contribution in [0, 0.1) is 0 Å². The Morgan fingerprint density at radius 3 is 2.11 bits per heavy atom. The standard InChI is InChI=1S/C28H25Cl2NO5/c1-28(2,3)21-11-16(7-10-22(21)36-4)25(33)23-24(15-5-8-20(32)9-6-15)31(27(35)26(23)34)19-13-17(29)12-18(30)14-19/h5-14,24,32-33H,1-4H3/b25-23-. The lowest BCUT2D eigenvalue weighted by molar-refractivity contribution is -0.132. The van der Waals surface area contributed by atoms with Crippen molar-refractivity contribution in [1.82, 2.24) is 0 Å². The van der Waals surface area contributed by atoms with E-state index in [0.29, 0.717) is 22.6 Å². The number of nitrogens with zero attached hydrogens (tertiary/aromatic N) is 1. The van der Waals surface area contributed by atoms with Crippen LogP contribution in [0.2, 0.25) is 10.0 Å². The van der Waals surface area contributed by atoms with E-state index < -0.39 is 17.7 Å². The van der Waals surface area contributed by atoms with Gasteiger partial charge in [-0.2, -0.15) is 0 Å². The quantitative estimate of drug-likeness (QED) is 0.226. The molecule has 3 aromatic rings. The average Bonchev–Trinajstić information content (AvgIpc) is 3.08. The van der Waals surface area contributed by atoms with E-state index in [2.05, 4.69) is 0 Å². The first-order chi connectivity index (χ1) is 16.9. The number of aliphatic hydroxyl groups is 1. The Labute approximate surface area is 219 Å². The summed E-state index contributed by atoms with van der Waals surface area (Å²) < 4.78 is 5.49. The van der Waals surface area contributed by atoms with Gasteiger partial charge in [0.25, 0.3) is 11.7 Å². The summed E-state index contributed by atoms with van der Waals surface area (Å²) in [6.07, 6.45) is 0. The molecular weight excluding hydrogens is 501 g/mol. The highest BCUT2D eigenvalue weighted by Gasteiger charge is 2.47. The molecule has 8 heteroatoms. The summed E-state index contributed by atoms with van der Waals surface area (Å²) in [6.45, 7) is 6.02. The zero-order valence-corrected chi connectivity index (χ0v) is 21.7. The zero-order valence-electron chi connectivity index (χ0n) is 20.2. The Balaban J connectivity index is 1.97. The third-order valence-electron chi connectivity index (χ3n) is 6.06. The largest absolute Gasteiger partial charge is 0.508 e. The number of hydrogen-bond donors (Lipinski definition) is 2. The van der Waals surface area contributed by atoms with Gasteiger partial charge in [-0.1, -0.05) is 56.1 Å². The van der Waals surface area contributed by atoms with Crippen LogP contribution in [0.15, 0.2) is 66.2 Å². The highest BCUT2D eigenvalue weighted by Crippen LogP contribution is 2.44. The van der Waals surface area contributed by atoms with Crippen LogP contribution in [-0.2, 0) is 15.0 Å². The van der Waals surface area contributed by atoms with Crippen LogP contribution in [0.4, 0.5) is 5.69 Å². The van der Waals surface area contributed by atoms with E-state index in [4.69, 9.17) is 27.9 Å². The number of hydrogen-bond acceptors (Lipinski definition) is 5. The van der Waals surface area contributed by atoms with E-state index >= 15 is 0 Å². The highest BCUT2D eigenvalue weighted by molar-refractivity contribution is 6.52. The van der Waals surface area contributed by atoms with Gasteiger partial charge in [-0.05, 0) is 59.5 Å². The third-order valence-corrected chi connectivity index (χ3v) is 6.50. The Bertz CT molecular complexity index is 1370. The number of phenols is 1. The molecule has 1 amide bonds. The molecule has 0 aromatic heterocycles. The van der Waals surface area contributed by atoms with Gasteiger partial charge < -0.3 is 14.9 Å². The first-order valence-corrected chi connectivity index (χ1v) is 11.9. The monoisotopic (exact) mass is 525 g/mol. The lowest BCUT2D eigenvalue weighted by Crippen LogP contribution is -2.29. The molecule has 0 radical (unpaired) electrons. The van der Waals surface area contributed by atoms with Crippen LogP contribution in [-0.4, -0.2) is 29.0 Å². The lowest BCUT2D eigenvalue weighted by Gasteiger charge is -2.26. The number of Topliss-reactive ketones (excluding diaryl/α,β-unsaturated/α-hetero) is 1. The molecule has 3 aromatic carbocycles. The van der Waals surface area contributed by atoms with E-state index in [1.807, 2.05) is 20.8 Å². The molecule has 36 heavy (non-hydrogen) atoms. The van der Waals surface area contributed by atoms with E-state index in [0.717, 1.165) is 5.56 Å². The Hall–Kier alpha value is -3.48. The van der Waals surface area contributed by atoms with Crippen LogP contribution in [0.1, 0.15) is 43.5 Å². The van der Waals surface area contributed by atoms with Gasteiger partial charge in [0, 0.05) is 26.9 Å². The van der Waals surface area contributed by atoms with Crippen molar-refractivity contribution in [1.29, 1.82) is 0 Å². The number of rotatable bonds is 4. The van der Waals surface area contributed by atoms with E-state index in [1.165, 1.54) is 35.2 Å². The molecule has 1 fully saturated rings. The van der Waals surface area contributed by atoms with Gasteiger partial charge in [0.15, 0.2) is 0 Å². The van der Waals surface area contributed by atoms with Crippen molar-refractivity contribution < 1.29 is 24.5 Å². The normalized spacial score (nSPS) is 17.5. The summed E-state index contributed by atoms with van der Waals surface area (Å²) in [4.78, 5) is 28.0. The molecule has 1 saturated heterocycles. The van der Waals surface area contributed by atoms with E-state index in [9.17, 15) is 19.8 Å². The molecule has 0 spiro atoms. The van der Waals surface area contributed by atoms with Crippen LogP contribution in [0.5, 0.6) is 11.5 Å². The second kappa shape index (κ2) is 9.52. The minimum Gasteiger partial charge on any atom is -0.508 e. The minimum absolute atomic E-state index is 0.0199. The SMILES string of the molecule is COc1ccc(/C(O)=C2/C(=O)C(=O)N(c3cc(Cl)cc(Cl)c3)C2c2ccc(O)cc2)cc1C(C)(C)C. The first kappa shape index (κ1) is 25.6. The zero-order chi connectivity index (χ0) is 26.4. The van der Waals surface area contributed by atoms with Gasteiger partial charge in [-0.3, -0.25) is 14.5 Å².